The molecule has 2 heteroatoms. The lowest BCUT2D eigenvalue weighted by Gasteiger charge is -2.60. The van der Waals surface area contributed by atoms with Crippen LogP contribution in [0.3, 0.4) is 0 Å². The van der Waals surface area contributed by atoms with Crippen molar-refractivity contribution in [1.29, 1.82) is 0 Å². The number of hydrogen-bond acceptors (Lipinski definition) is 2. The maximum atomic E-state index is 6.43. The van der Waals surface area contributed by atoms with Gasteiger partial charge in [0.15, 0.2) is 6.29 Å². The molecule has 1 aliphatic heterocycles. The summed E-state index contributed by atoms with van der Waals surface area (Å²) in [4.78, 5) is 0. The van der Waals surface area contributed by atoms with Gasteiger partial charge in [-0.3, -0.25) is 0 Å². The SMILES string of the molecule is CC12CCCC1C1CCC3CC(OC4CCCCO4)CCC3(C)C1CC2. The van der Waals surface area contributed by atoms with Gasteiger partial charge in [-0.05, 0) is 112 Å². The van der Waals surface area contributed by atoms with Crippen LogP contribution < -0.4 is 0 Å². The van der Waals surface area contributed by atoms with Crippen LogP contribution >= 0.6 is 0 Å². The van der Waals surface area contributed by atoms with Gasteiger partial charge < -0.3 is 9.47 Å². The van der Waals surface area contributed by atoms with E-state index in [4.69, 9.17) is 9.47 Å². The fourth-order valence-electron chi connectivity index (χ4n) is 8.37. The molecule has 5 fully saturated rings. The molecule has 0 aromatic heterocycles. The summed E-state index contributed by atoms with van der Waals surface area (Å²) in [5, 5.41) is 0. The van der Waals surface area contributed by atoms with Gasteiger partial charge in [0.1, 0.15) is 0 Å². The maximum absolute atomic E-state index is 6.43. The first-order valence-corrected chi connectivity index (χ1v) is 11.9. The van der Waals surface area contributed by atoms with E-state index in [1.807, 2.05) is 0 Å². The van der Waals surface area contributed by atoms with E-state index in [0.29, 0.717) is 16.9 Å². The molecular weight excluding hydrogens is 320 g/mol. The zero-order valence-electron chi connectivity index (χ0n) is 17.2. The second kappa shape index (κ2) is 6.76. The second-order valence-electron chi connectivity index (χ2n) is 11.1. The first-order chi connectivity index (χ1) is 12.6. The molecule has 1 heterocycles. The van der Waals surface area contributed by atoms with Crippen LogP contribution in [0.15, 0.2) is 0 Å². The summed E-state index contributed by atoms with van der Waals surface area (Å²) in [6, 6.07) is 0. The first-order valence-electron chi connectivity index (χ1n) is 11.9. The van der Waals surface area contributed by atoms with Crippen molar-refractivity contribution >= 4 is 0 Å². The molecule has 0 aromatic carbocycles. The molecule has 1 saturated heterocycles. The van der Waals surface area contributed by atoms with Gasteiger partial charge in [0.2, 0.25) is 0 Å². The molecule has 8 atom stereocenters. The molecule has 4 saturated carbocycles. The van der Waals surface area contributed by atoms with E-state index in [1.165, 1.54) is 77.0 Å². The Morgan fingerprint density at radius 2 is 1.73 bits per heavy atom. The van der Waals surface area contributed by atoms with E-state index in [9.17, 15) is 0 Å². The molecule has 8 unspecified atom stereocenters. The quantitative estimate of drug-likeness (QED) is 0.536. The number of hydrogen-bond donors (Lipinski definition) is 0. The average Bonchev–Trinajstić information content (AvgIpc) is 3.05. The van der Waals surface area contributed by atoms with Crippen LogP contribution in [-0.4, -0.2) is 19.0 Å². The molecule has 0 N–H and O–H groups in total. The molecule has 2 nitrogen and oxygen atoms in total. The Kier molecular flexibility index (Phi) is 4.68. The van der Waals surface area contributed by atoms with Gasteiger partial charge in [0.25, 0.3) is 0 Å². The number of fused-ring (bicyclic) bond motifs is 5. The summed E-state index contributed by atoms with van der Waals surface area (Å²) in [5.41, 5.74) is 1.29. The zero-order valence-corrected chi connectivity index (χ0v) is 17.2. The fourth-order valence-corrected chi connectivity index (χ4v) is 8.37. The highest BCUT2D eigenvalue weighted by molar-refractivity contribution is 5.07. The maximum Gasteiger partial charge on any atom is 0.157 e. The van der Waals surface area contributed by atoms with E-state index in [2.05, 4.69) is 13.8 Å². The van der Waals surface area contributed by atoms with Crippen molar-refractivity contribution < 1.29 is 9.47 Å². The summed E-state index contributed by atoms with van der Waals surface area (Å²) in [5.74, 6) is 3.99. The van der Waals surface area contributed by atoms with Crippen LogP contribution in [0.25, 0.3) is 0 Å². The normalized spacial score (nSPS) is 54.2. The number of ether oxygens (including phenoxy) is 2. The highest BCUT2D eigenvalue weighted by Crippen LogP contribution is 2.66. The van der Waals surface area contributed by atoms with Gasteiger partial charge >= 0.3 is 0 Å². The van der Waals surface area contributed by atoms with Crippen LogP contribution in [0.4, 0.5) is 0 Å². The highest BCUT2D eigenvalue weighted by atomic mass is 16.7. The summed E-state index contributed by atoms with van der Waals surface area (Å²) in [6.45, 7) is 6.21. The Morgan fingerprint density at radius 1 is 0.808 bits per heavy atom. The standard InChI is InChI=1S/C24H40O2/c1-23-12-5-6-20(23)19-9-8-17-16-18(26-22-7-3-4-15-25-22)10-14-24(17,2)21(19)11-13-23/h17-22H,3-16H2,1-2H3. The van der Waals surface area contributed by atoms with Crippen molar-refractivity contribution in [2.45, 2.75) is 110 Å². The van der Waals surface area contributed by atoms with Gasteiger partial charge in [-0.2, -0.15) is 0 Å². The smallest absolute Gasteiger partial charge is 0.157 e. The highest BCUT2D eigenvalue weighted by Gasteiger charge is 2.57. The van der Waals surface area contributed by atoms with Crippen LogP contribution in [0.1, 0.15) is 97.3 Å². The Morgan fingerprint density at radius 3 is 2.58 bits per heavy atom. The minimum Gasteiger partial charge on any atom is -0.353 e. The lowest BCUT2D eigenvalue weighted by Crippen LogP contribution is -2.53. The molecule has 0 spiro atoms. The zero-order chi connectivity index (χ0) is 17.8. The summed E-state index contributed by atoms with van der Waals surface area (Å²) >= 11 is 0. The van der Waals surface area contributed by atoms with E-state index in [-0.39, 0.29) is 6.29 Å². The van der Waals surface area contributed by atoms with Gasteiger partial charge in [0.05, 0.1) is 6.10 Å². The predicted molar refractivity (Wildman–Crippen MR) is 105 cm³/mol. The van der Waals surface area contributed by atoms with Crippen molar-refractivity contribution in [3.63, 3.8) is 0 Å². The van der Waals surface area contributed by atoms with Gasteiger partial charge in [-0.1, -0.05) is 20.3 Å². The Balaban J connectivity index is 1.27. The van der Waals surface area contributed by atoms with Crippen LogP contribution in [0.2, 0.25) is 0 Å². The molecule has 148 valence electrons. The van der Waals surface area contributed by atoms with Crippen molar-refractivity contribution in [1.82, 2.24) is 0 Å². The van der Waals surface area contributed by atoms with Crippen LogP contribution in [0, 0.1) is 34.5 Å². The summed E-state index contributed by atoms with van der Waals surface area (Å²) in [7, 11) is 0. The molecule has 5 rings (SSSR count). The Hall–Kier alpha value is -0.0800. The van der Waals surface area contributed by atoms with Crippen molar-refractivity contribution in [2.75, 3.05) is 6.61 Å². The summed E-state index contributed by atoms with van der Waals surface area (Å²) < 4.78 is 12.3. The van der Waals surface area contributed by atoms with Crippen molar-refractivity contribution in [3.05, 3.63) is 0 Å². The third-order valence-electron chi connectivity index (χ3n) is 9.88. The molecule has 26 heavy (non-hydrogen) atoms. The van der Waals surface area contributed by atoms with Gasteiger partial charge in [-0.15, -0.1) is 0 Å². The predicted octanol–water partition coefficient (Wildman–Crippen LogP) is 6.33. The molecule has 0 amide bonds. The van der Waals surface area contributed by atoms with Crippen LogP contribution in [0.5, 0.6) is 0 Å². The average molecular weight is 361 g/mol. The molecular formula is C24H40O2. The van der Waals surface area contributed by atoms with E-state index in [1.54, 1.807) is 0 Å². The third-order valence-corrected chi connectivity index (χ3v) is 9.88. The monoisotopic (exact) mass is 360 g/mol. The Bertz CT molecular complexity index is 512. The molecule has 0 radical (unpaired) electrons. The topological polar surface area (TPSA) is 18.5 Å². The number of rotatable bonds is 2. The third kappa shape index (κ3) is 2.89. The Labute approximate surface area is 160 Å². The fraction of sp³-hybridized carbons (Fsp3) is 1.00. The molecule has 0 bridgehead atoms. The van der Waals surface area contributed by atoms with E-state index < -0.39 is 0 Å². The van der Waals surface area contributed by atoms with Crippen molar-refractivity contribution in [2.24, 2.45) is 34.5 Å². The summed E-state index contributed by atoms with van der Waals surface area (Å²) in [6.07, 6.45) is 18.7. The molecule has 4 aliphatic carbocycles. The minimum atomic E-state index is 0.100. The lowest BCUT2D eigenvalue weighted by molar-refractivity contribution is -0.211. The first kappa shape index (κ1) is 18.0. The molecule has 0 aromatic rings. The molecule has 5 aliphatic rings. The van der Waals surface area contributed by atoms with Crippen molar-refractivity contribution in [3.8, 4) is 0 Å². The van der Waals surface area contributed by atoms with E-state index >= 15 is 0 Å². The second-order valence-corrected chi connectivity index (χ2v) is 11.1. The van der Waals surface area contributed by atoms with E-state index in [0.717, 1.165) is 36.7 Å². The van der Waals surface area contributed by atoms with Gasteiger partial charge in [0, 0.05) is 6.61 Å². The van der Waals surface area contributed by atoms with Crippen LogP contribution in [-0.2, 0) is 9.47 Å². The van der Waals surface area contributed by atoms with Gasteiger partial charge in [-0.25, -0.2) is 0 Å². The largest absolute Gasteiger partial charge is 0.353 e. The minimum absolute atomic E-state index is 0.100. The lowest BCUT2D eigenvalue weighted by atomic mass is 9.45.